The molecule has 1 N–H and O–H groups in total. The number of nitrogens with zero attached hydrogens (tertiary/aromatic N) is 2. The van der Waals surface area contributed by atoms with Gasteiger partial charge >= 0.3 is 5.97 Å². The fourth-order valence-corrected chi connectivity index (χ4v) is 3.31. The fourth-order valence-electron chi connectivity index (χ4n) is 3.31. The summed E-state index contributed by atoms with van der Waals surface area (Å²) in [6, 6.07) is 17.6. The number of anilines is 2. The molecule has 0 bridgehead atoms. The quantitative estimate of drug-likeness (QED) is 0.266. The Morgan fingerprint density at radius 2 is 1.45 bits per heavy atom. The molecule has 0 unspecified atom stereocenters. The monoisotopic (exact) mass is 445 g/mol. The normalized spacial score (nSPS) is 12.3. The predicted molar refractivity (Wildman–Crippen MR) is 116 cm³/mol. The van der Waals surface area contributed by atoms with E-state index in [1.807, 2.05) is 0 Å². The van der Waals surface area contributed by atoms with Crippen molar-refractivity contribution in [1.82, 2.24) is 0 Å². The van der Waals surface area contributed by atoms with Gasteiger partial charge in [0.1, 0.15) is 5.69 Å². The number of carbonyl (C=O) groups is 4. The van der Waals surface area contributed by atoms with Crippen molar-refractivity contribution in [3.05, 3.63) is 99.6 Å². The van der Waals surface area contributed by atoms with Crippen LogP contribution in [-0.2, 0) is 9.53 Å². The molecular formula is C23H15N3O7. The van der Waals surface area contributed by atoms with Crippen LogP contribution in [0.15, 0.2) is 72.8 Å². The first-order valence-electron chi connectivity index (χ1n) is 9.65. The highest BCUT2D eigenvalue weighted by Crippen LogP contribution is 2.28. The van der Waals surface area contributed by atoms with Gasteiger partial charge in [0.25, 0.3) is 23.4 Å². The third-order valence-corrected chi connectivity index (χ3v) is 4.86. The van der Waals surface area contributed by atoms with E-state index in [4.69, 9.17) is 4.74 Å². The van der Waals surface area contributed by atoms with E-state index >= 15 is 0 Å². The molecule has 0 saturated heterocycles. The smallest absolute Gasteiger partial charge is 0.338 e. The maximum atomic E-state index is 12.5. The van der Waals surface area contributed by atoms with Gasteiger partial charge in [-0.2, -0.15) is 0 Å². The zero-order chi connectivity index (χ0) is 23.5. The summed E-state index contributed by atoms with van der Waals surface area (Å²) in [5, 5.41) is 13.3. The van der Waals surface area contributed by atoms with Crippen LogP contribution in [0.2, 0.25) is 0 Å². The number of ether oxygens (including phenoxy) is 1. The number of nitrogens with one attached hydrogen (secondary N) is 1. The van der Waals surface area contributed by atoms with Crippen molar-refractivity contribution in [2.75, 3.05) is 16.8 Å². The lowest BCUT2D eigenvalue weighted by Crippen LogP contribution is -2.29. The fraction of sp³-hybridized carbons (Fsp3) is 0.0435. The minimum atomic E-state index is -0.818. The Hall–Kier alpha value is -4.86. The highest BCUT2D eigenvalue weighted by molar-refractivity contribution is 6.34. The molecule has 0 radical (unpaired) electrons. The van der Waals surface area contributed by atoms with Gasteiger partial charge < -0.3 is 10.1 Å². The van der Waals surface area contributed by atoms with Gasteiger partial charge in [0.2, 0.25) is 0 Å². The van der Waals surface area contributed by atoms with Crippen LogP contribution in [0.1, 0.15) is 31.1 Å². The van der Waals surface area contributed by atoms with Crippen molar-refractivity contribution in [2.24, 2.45) is 0 Å². The van der Waals surface area contributed by atoms with E-state index in [2.05, 4.69) is 5.32 Å². The molecule has 0 aromatic heterocycles. The Balaban J connectivity index is 1.39. The molecule has 1 heterocycles. The molecule has 10 heteroatoms. The number of nitro benzene ring substituents is 1. The molecule has 1 aliphatic rings. The lowest BCUT2D eigenvalue weighted by atomic mass is 10.1. The SMILES string of the molecule is O=C(COC(=O)c1ccc(N2C(=O)c3ccccc3C2=O)cc1)Nc1ccccc1[N+](=O)[O-]. The number of esters is 1. The van der Waals surface area contributed by atoms with E-state index in [0.717, 1.165) is 4.90 Å². The number of hydrogen-bond donors (Lipinski definition) is 1. The summed E-state index contributed by atoms with van der Waals surface area (Å²) in [7, 11) is 0. The molecule has 3 aromatic rings. The zero-order valence-electron chi connectivity index (χ0n) is 16.9. The second-order valence-electron chi connectivity index (χ2n) is 6.94. The molecule has 3 amide bonds. The Bertz CT molecular complexity index is 1270. The van der Waals surface area contributed by atoms with Crippen molar-refractivity contribution in [2.45, 2.75) is 0 Å². The van der Waals surface area contributed by atoms with Gasteiger partial charge in [-0.05, 0) is 42.5 Å². The van der Waals surface area contributed by atoms with Crippen molar-refractivity contribution in [1.29, 1.82) is 0 Å². The molecule has 3 aromatic carbocycles. The number of para-hydroxylation sites is 2. The lowest BCUT2D eigenvalue weighted by molar-refractivity contribution is -0.383. The number of carbonyl (C=O) groups excluding carboxylic acids is 4. The number of amides is 3. The Morgan fingerprint density at radius 3 is 2.06 bits per heavy atom. The van der Waals surface area contributed by atoms with E-state index in [1.54, 1.807) is 24.3 Å². The maximum Gasteiger partial charge on any atom is 0.338 e. The Labute approximate surface area is 186 Å². The van der Waals surface area contributed by atoms with Crippen LogP contribution >= 0.6 is 0 Å². The van der Waals surface area contributed by atoms with Crippen molar-refractivity contribution in [3.8, 4) is 0 Å². The Kier molecular flexibility index (Phi) is 5.64. The standard InChI is InChI=1S/C23H15N3O7/c27-20(24-18-7-3-4-8-19(18)26(31)32)13-33-23(30)14-9-11-15(12-10-14)25-21(28)16-5-1-2-6-17(16)22(25)29/h1-12H,13H2,(H,24,27). The molecule has 0 spiro atoms. The molecule has 0 saturated carbocycles. The molecule has 1 aliphatic heterocycles. The predicted octanol–water partition coefficient (Wildman–Crippen LogP) is 3.19. The lowest BCUT2D eigenvalue weighted by Gasteiger charge is -2.14. The second kappa shape index (κ2) is 8.71. The summed E-state index contributed by atoms with van der Waals surface area (Å²) < 4.78 is 4.95. The van der Waals surface area contributed by atoms with Gasteiger partial charge in [-0.15, -0.1) is 0 Å². The molecule has 164 valence electrons. The first-order chi connectivity index (χ1) is 15.9. The van der Waals surface area contributed by atoms with E-state index in [-0.39, 0.29) is 22.6 Å². The summed E-state index contributed by atoms with van der Waals surface area (Å²) >= 11 is 0. The third kappa shape index (κ3) is 4.17. The number of benzene rings is 3. The number of hydrogen-bond acceptors (Lipinski definition) is 7. The van der Waals surface area contributed by atoms with Gasteiger partial charge in [-0.25, -0.2) is 9.69 Å². The van der Waals surface area contributed by atoms with E-state index < -0.39 is 35.2 Å². The van der Waals surface area contributed by atoms with Crippen LogP contribution in [0.5, 0.6) is 0 Å². The first kappa shape index (κ1) is 21.4. The van der Waals surface area contributed by atoms with E-state index in [0.29, 0.717) is 11.1 Å². The highest BCUT2D eigenvalue weighted by Gasteiger charge is 2.36. The summed E-state index contributed by atoms with van der Waals surface area (Å²) in [5.74, 6) is -2.49. The first-order valence-corrected chi connectivity index (χ1v) is 9.65. The highest BCUT2D eigenvalue weighted by atomic mass is 16.6. The van der Waals surface area contributed by atoms with E-state index in [1.165, 1.54) is 48.5 Å². The van der Waals surface area contributed by atoms with Crippen molar-refractivity contribution < 1.29 is 28.8 Å². The summed E-state index contributed by atoms with van der Waals surface area (Å²) in [6.07, 6.45) is 0. The molecule has 0 aliphatic carbocycles. The molecule has 0 fully saturated rings. The average Bonchev–Trinajstić information content (AvgIpc) is 3.08. The second-order valence-corrected chi connectivity index (χ2v) is 6.94. The van der Waals surface area contributed by atoms with Crippen LogP contribution in [0.25, 0.3) is 0 Å². The van der Waals surface area contributed by atoms with Crippen LogP contribution in [0.4, 0.5) is 17.1 Å². The van der Waals surface area contributed by atoms with Gasteiger partial charge in [0, 0.05) is 6.07 Å². The molecule has 0 atom stereocenters. The van der Waals surface area contributed by atoms with Crippen LogP contribution in [0.3, 0.4) is 0 Å². The average molecular weight is 445 g/mol. The molecule has 33 heavy (non-hydrogen) atoms. The summed E-state index contributed by atoms with van der Waals surface area (Å²) in [5.41, 5.74) is 0.668. The molecule has 4 rings (SSSR count). The van der Waals surface area contributed by atoms with Gasteiger partial charge in [-0.3, -0.25) is 24.5 Å². The largest absolute Gasteiger partial charge is 0.452 e. The topological polar surface area (TPSA) is 136 Å². The van der Waals surface area contributed by atoms with Crippen LogP contribution < -0.4 is 10.2 Å². The van der Waals surface area contributed by atoms with Gasteiger partial charge in [0.05, 0.1) is 27.3 Å². The van der Waals surface area contributed by atoms with Crippen molar-refractivity contribution in [3.63, 3.8) is 0 Å². The number of fused-ring (bicyclic) bond motifs is 1. The van der Waals surface area contributed by atoms with E-state index in [9.17, 15) is 29.3 Å². The van der Waals surface area contributed by atoms with Crippen LogP contribution in [0, 0.1) is 10.1 Å². The van der Waals surface area contributed by atoms with Crippen molar-refractivity contribution >= 4 is 40.8 Å². The van der Waals surface area contributed by atoms with Crippen LogP contribution in [-0.4, -0.2) is 35.2 Å². The zero-order valence-corrected chi connectivity index (χ0v) is 16.9. The molecule has 10 nitrogen and oxygen atoms in total. The van der Waals surface area contributed by atoms with Gasteiger partial charge in [-0.1, -0.05) is 24.3 Å². The minimum Gasteiger partial charge on any atom is -0.452 e. The third-order valence-electron chi connectivity index (χ3n) is 4.86. The Morgan fingerprint density at radius 1 is 0.879 bits per heavy atom. The number of rotatable bonds is 6. The number of imide groups is 1. The molecular weight excluding hydrogens is 430 g/mol. The maximum absolute atomic E-state index is 12.5. The minimum absolute atomic E-state index is 0.0196. The summed E-state index contributed by atoms with van der Waals surface area (Å²) in [4.78, 5) is 60.8. The van der Waals surface area contributed by atoms with Gasteiger partial charge in [0.15, 0.2) is 6.61 Å². The number of nitro groups is 1. The summed E-state index contributed by atoms with van der Waals surface area (Å²) in [6.45, 7) is -0.662.